The van der Waals surface area contributed by atoms with Gasteiger partial charge >= 0.3 is 0 Å². The zero-order valence-electron chi connectivity index (χ0n) is 13.6. The number of nitrogens with zero attached hydrogens (tertiary/aromatic N) is 2. The Balaban J connectivity index is 1.53. The van der Waals surface area contributed by atoms with E-state index in [0.717, 1.165) is 24.2 Å². The van der Waals surface area contributed by atoms with Gasteiger partial charge in [-0.15, -0.1) is 0 Å². The Morgan fingerprint density at radius 1 is 1.33 bits per heavy atom. The van der Waals surface area contributed by atoms with Crippen molar-refractivity contribution in [3.63, 3.8) is 0 Å². The molecule has 0 bridgehead atoms. The van der Waals surface area contributed by atoms with E-state index in [-0.39, 0.29) is 29.0 Å². The Bertz CT molecular complexity index is 825. The van der Waals surface area contributed by atoms with Crippen LogP contribution in [0, 0.1) is 6.92 Å². The number of rotatable bonds is 5. The first-order chi connectivity index (χ1) is 11.4. The SMILES string of the molecule is Cc1ccc(S(=O)(=O)CCC(=O)NC2CCc3nccn3C2)cc1. The van der Waals surface area contributed by atoms with Crippen molar-refractivity contribution in [2.45, 2.75) is 43.7 Å². The van der Waals surface area contributed by atoms with Crippen molar-refractivity contribution < 1.29 is 13.2 Å². The van der Waals surface area contributed by atoms with Crippen molar-refractivity contribution in [2.75, 3.05) is 5.75 Å². The lowest BCUT2D eigenvalue weighted by Gasteiger charge is -2.24. The van der Waals surface area contributed by atoms with Crippen molar-refractivity contribution in [2.24, 2.45) is 0 Å². The molecule has 0 fully saturated rings. The Morgan fingerprint density at radius 3 is 2.83 bits per heavy atom. The second kappa shape index (κ2) is 6.76. The number of sulfone groups is 1. The maximum absolute atomic E-state index is 12.3. The molecule has 1 atom stereocenters. The van der Waals surface area contributed by atoms with Gasteiger partial charge in [0.2, 0.25) is 5.91 Å². The molecule has 0 spiro atoms. The van der Waals surface area contributed by atoms with Gasteiger partial charge in [0.05, 0.1) is 10.6 Å². The monoisotopic (exact) mass is 347 g/mol. The van der Waals surface area contributed by atoms with Gasteiger partial charge in [-0.2, -0.15) is 0 Å². The van der Waals surface area contributed by atoms with Gasteiger partial charge in [-0.1, -0.05) is 17.7 Å². The standard InChI is InChI=1S/C17H21N3O3S/c1-13-2-5-15(6-3-13)24(22,23)11-8-17(21)19-14-4-7-16-18-9-10-20(16)12-14/h2-3,5-6,9-10,14H,4,7-8,11-12H2,1H3,(H,19,21). The van der Waals surface area contributed by atoms with E-state index in [1.54, 1.807) is 30.5 Å². The van der Waals surface area contributed by atoms with Crippen molar-refractivity contribution in [3.05, 3.63) is 48.0 Å². The van der Waals surface area contributed by atoms with E-state index >= 15 is 0 Å². The lowest BCUT2D eigenvalue weighted by molar-refractivity contribution is -0.121. The number of aromatic nitrogens is 2. The van der Waals surface area contributed by atoms with Crippen LogP contribution < -0.4 is 5.32 Å². The van der Waals surface area contributed by atoms with Crippen LogP contribution in [0.1, 0.15) is 24.2 Å². The fraction of sp³-hybridized carbons (Fsp3) is 0.412. The molecule has 0 radical (unpaired) electrons. The van der Waals surface area contributed by atoms with Crippen molar-refractivity contribution in [1.82, 2.24) is 14.9 Å². The van der Waals surface area contributed by atoms with Crippen LogP contribution in [0.25, 0.3) is 0 Å². The molecule has 1 unspecified atom stereocenters. The molecule has 6 nitrogen and oxygen atoms in total. The van der Waals surface area contributed by atoms with Crippen LogP contribution in [0.15, 0.2) is 41.6 Å². The number of hydrogen-bond donors (Lipinski definition) is 1. The minimum atomic E-state index is -3.43. The van der Waals surface area contributed by atoms with Gasteiger partial charge in [-0.05, 0) is 25.5 Å². The van der Waals surface area contributed by atoms with Gasteiger partial charge in [0.15, 0.2) is 9.84 Å². The second-order valence-electron chi connectivity index (χ2n) is 6.18. The normalized spacial score (nSPS) is 17.3. The predicted molar refractivity (Wildman–Crippen MR) is 90.3 cm³/mol. The summed E-state index contributed by atoms with van der Waals surface area (Å²) in [6, 6.07) is 6.73. The maximum Gasteiger partial charge on any atom is 0.221 e. The third kappa shape index (κ3) is 3.84. The van der Waals surface area contributed by atoms with E-state index in [4.69, 9.17) is 0 Å². The molecule has 0 aliphatic carbocycles. The van der Waals surface area contributed by atoms with Crippen LogP contribution in [0.3, 0.4) is 0 Å². The molecule has 1 aliphatic heterocycles. The van der Waals surface area contributed by atoms with Crippen LogP contribution in [0.2, 0.25) is 0 Å². The van der Waals surface area contributed by atoms with Gasteiger partial charge in [0.25, 0.3) is 0 Å². The molecule has 3 rings (SSSR count). The molecule has 2 heterocycles. The number of imidazole rings is 1. The highest BCUT2D eigenvalue weighted by molar-refractivity contribution is 7.91. The Hall–Kier alpha value is -2.15. The first-order valence-corrected chi connectivity index (χ1v) is 9.68. The van der Waals surface area contributed by atoms with Gasteiger partial charge in [-0.3, -0.25) is 4.79 Å². The summed E-state index contributed by atoms with van der Waals surface area (Å²) in [5.74, 6) is 0.631. The molecule has 0 saturated heterocycles. The summed E-state index contributed by atoms with van der Waals surface area (Å²) >= 11 is 0. The molecule has 128 valence electrons. The number of benzene rings is 1. The number of carbonyl (C=O) groups is 1. The minimum absolute atomic E-state index is 0.0243. The Morgan fingerprint density at radius 2 is 2.08 bits per heavy atom. The minimum Gasteiger partial charge on any atom is -0.352 e. The summed E-state index contributed by atoms with van der Waals surface area (Å²) in [7, 11) is -3.43. The third-order valence-corrected chi connectivity index (χ3v) is 6.01. The van der Waals surface area contributed by atoms with E-state index in [1.807, 2.05) is 17.7 Å². The van der Waals surface area contributed by atoms with E-state index < -0.39 is 9.84 Å². The highest BCUT2D eigenvalue weighted by Gasteiger charge is 2.22. The van der Waals surface area contributed by atoms with Crippen LogP contribution in [0.5, 0.6) is 0 Å². The molecule has 1 aromatic heterocycles. The van der Waals surface area contributed by atoms with Gasteiger partial charge in [0, 0.05) is 37.8 Å². The first kappa shape index (κ1) is 16.7. The van der Waals surface area contributed by atoms with Crippen LogP contribution >= 0.6 is 0 Å². The van der Waals surface area contributed by atoms with Crippen molar-refractivity contribution in [3.8, 4) is 0 Å². The molecular weight excluding hydrogens is 326 g/mol. The molecule has 0 saturated carbocycles. The number of amides is 1. The summed E-state index contributed by atoms with van der Waals surface area (Å²) in [6.07, 6.45) is 5.28. The highest BCUT2D eigenvalue weighted by Crippen LogP contribution is 2.15. The zero-order valence-corrected chi connectivity index (χ0v) is 14.4. The van der Waals surface area contributed by atoms with Crippen LogP contribution in [-0.4, -0.2) is 35.7 Å². The fourth-order valence-corrected chi connectivity index (χ4v) is 4.12. The van der Waals surface area contributed by atoms with Gasteiger partial charge in [0.1, 0.15) is 5.82 Å². The summed E-state index contributed by atoms with van der Waals surface area (Å²) < 4.78 is 26.6. The summed E-state index contributed by atoms with van der Waals surface area (Å²) in [4.78, 5) is 16.6. The smallest absolute Gasteiger partial charge is 0.221 e. The molecular formula is C17H21N3O3S. The van der Waals surface area contributed by atoms with E-state index in [9.17, 15) is 13.2 Å². The number of fused-ring (bicyclic) bond motifs is 1. The summed E-state index contributed by atoms with van der Waals surface area (Å²) in [5, 5.41) is 2.93. The summed E-state index contributed by atoms with van der Waals surface area (Å²) in [6.45, 7) is 2.59. The third-order valence-electron chi connectivity index (χ3n) is 4.28. The van der Waals surface area contributed by atoms with Crippen LogP contribution in [0.4, 0.5) is 0 Å². The molecule has 7 heteroatoms. The molecule has 2 aromatic rings. The van der Waals surface area contributed by atoms with Crippen molar-refractivity contribution in [1.29, 1.82) is 0 Å². The molecule has 1 aliphatic rings. The lowest BCUT2D eigenvalue weighted by atomic mass is 10.1. The number of carbonyl (C=O) groups excluding carboxylic acids is 1. The molecule has 1 N–H and O–H groups in total. The second-order valence-corrected chi connectivity index (χ2v) is 8.29. The number of hydrogen-bond acceptors (Lipinski definition) is 4. The topological polar surface area (TPSA) is 81.1 Å². The lowest BCUT2D eigenvalue weighted by Crippen LogP contribution is -2.41. The Labute approximate surface area is 141 Å². The van der Waals surface area contributed by atoms with Crippen molar-refractivity contribution >= 4 is 15.7 Å². The first-order valence-electron chi connectivity index (χ1n) is 8.03. The van der Waals surface area contributed by atoms with Gasteiger partial charge in [-0.25, -0.2) is 13.4 Å². The van der Waals surface area contributed by atoms with E-state index in [2.05, 4.69) is 10.3 Å². The van der Waals surface area contributed by atoms with E-state index in [1.165, 1.54) is 0 Å². The van der Waals surface area contributed by atoms with E-state index in [0.29, 0.717) is 6.54 Å². The number of nitrogens with one attached hydrogen (secondary N) is 1. The predicted octanol–water partition coefficient (Wildman–Crippen LogP) is 1.49. The largest absolute Gasteiger partial charge is 0.352 e. The Kier molecular flexibility index (Phi) is 4.71. The fourth-order valence-electron chi connectivity index (χ4n) is 2.87. The quantitative estimate of drug-likeness (QED) is 0.888. The highest BCUT2D eigenvalue weighted by atomic mass is 32.2. The molecule has 1 aromatic carbocycles. The van der Waals surface area contributed by atoms with Crippen LogP contribution in [-0.2, 0) is 27.6 Å². The molecule has 24 heavy (non-hydrogen) atoms. The number of aryl methyl sites for hydroxylation is 2. The maximum atomic E-state index is 12.3. The average Bonchev–Trinajstić information content (AvgIpc) is 3.01. The molecule has 1 amide bonds. The summed E-state index contributed by atoms with van der Waals surface area (Å²) in [5.41, 5.74) is 1.00. The zero-order chi connectivity index (χ0) is 17.2. The average molecular weight is 347 g/mol. The van der Waals surface area contributed by atoms with Gasteiger partial charge < -0.3 is 9.88 Å².